The Morgan fingerprint density at radius 2 is 2.07 bits per heavy atom. The number of thioether (sulfide) groups is 1. The van der Waals surface area contributed by atoms with Crippen molar-refractivity contribution in [1.82, 2.24) is 15.4 Å². The number of anilines is 1. The molecule has 0 fully saturated rings. The molecule has 0 radical (unpaired) electrons. The molecule has 1 aliphatic heterocycles. The molecule has 1 aromatic heterocycles. The number of H-pyrrole nitrogens is 1. The monoisotopic (exact) mass is 384 g/mol. The summed E-state index contributed by atoms with van der Waals surface area (Å²) in [6.07, 6.45) is 0.662. The third kappa shape index (κ3) is 3.37. The van der Waals surface area contributed by atoms with E-state index in [0.29, 0.717) is 39.4 Å². The molecule has 9 heteroatoms. The number of amidine groups is 1. The van der Waals surface area contributed by atoms with Crippen molar-refractivity contribution in [2.24, 2.45) is 10.7 Å². The highest BCUT2D eigenvalue weighted by Gasteiger charge is 2.32. The van der Waals surface area contributed by atoms with Crippen molar-refractivity contribution in [3.63, 3.8) is 0 Å². The lowest BCUT2D eigenvalue weighted by Gasteiger charge is -2.30. The molecule has 3 aromatic rings. The molecule has 0 spiro atoms. The van der Waals surface area contributed by atoms with Crippen LogP contribution in [-0.4, -0.2) is 32.2 Å². The van der Waals surface area contributed by atoms with Gasteiger partial charge in [0.15, 0.2) is 5.17 Å². The van der Waals surface area contributed by atoms with E-state index in [9.17, 15) is 9.18 Å². The fourth-order valence-electron chi connectivity index (χ4n) is 3.08. The molecule has 4 N–H and O–H groups in total. The number of fused-ring (bicyclic) bond motifs is 1. The zero-order valence-electron chi connectivity index (χ0n) is 14.5. The van der Waals surface area contributed by atoms with Gasteiger partial charge in [-0.2, -0.15) is 15.4 Å². The van der Waals surface area contributed by atoms with Crippen molar-refractivity contribution in [3.8, 4) is 0 Å². The van der Waals surface area contributed by atoms with Gasteiger partial charge in [-0.1, -0.05) is 11.8 Å². The Kier molecular flexibility index (Phi) is 4.31. The number of hydrogen-bond donors (Lipinski definition) is 3. The predicted octanol–water partition coefficient (Wildman–Crippen LogP) is 3.02. The number of amides is 1. The second kappa shape index (κ2) is 6.66. The second-order valence-corrected chi connectivity index (χ2v) is 7.61. The molecule has 7 nitrogen and oxygen atoms in total. The maximum Gasteiger partial charge on any atom is 0.255 e. The van der Waals surface area contributed by atoms with E-state index in [1.54, 1.807) is 24.3 Å². The number of benzene rings is 2. The predicted molar refractivity (Wildman–Crippen MR) is 104 cm³/mol. The standard InChI is InChI=1S/C18H17FN6OS/c1-18(6-7-27-17(20)22-18)12-9-11(3-4-13(12)19)21-16(26)10-2-5-14-15(8-10)24-25-23-14/h2-5,8-9H,6-7H2,1H3,(H2,20,22)(H,21,26)(H,23,24,25). The van der Waals surface area contributed by atoms with Gasteiger partial charge in [-0.05, 0) is 49.7 Å². The second-order valence-electron chi connectivity index (χ2n) is 6.50. The summed E-state index contributed by atoms with van der Waals surface area (Å²) in [5.41, 5.74) is 7.70. The van der Waals surface area contributed by atoms with Gasteiger partial charge in [-0.3, -0.25) is 9.79 Å². The minimum absolute atomic E-state index is 0.315. The Morgan fingerprint density at radius 3 is 2.89 bits per heavy atom. The van der Waals surface area contributed by atoms with E-state index >= 15 is 0 Å². The third-order valence-corrected chi connectivity index (χ3v) is 5.37. The van der Waals surface area contributed by atoms with E-state index in [4.69, 9.17) is 5.73 Å². The van der Waals surface area contributed by atoms with E-state index in [-0.39, 0.29) is 11.7 Å². The highest BCUT2D eigenvalue weighted by Crippen LogP contribution is 2.37. The van der Waals surface area contributed by atoms with Gasteiger partial charge < -0.3 is 11.1 Å². The number of nitrogens with one attached hydrogen (secondary N) is 2. The largest absolute Gasteiger partial charge is 0.379 e. The first-order valence-electron chi connectivity index (χ1n) is 8.35. The van der Waals surface area contributed by atoms with Crippen molar-refractivity contribution in [2.75, 3.05) is 11.1 Å². The zero-order chi connectivity index (χ0) is 19.0. The first-order valence-corrected chi connectivity index (χ1v) is 9.33. The average molecular weight is 384 g/mol. The molecule has 0 aliphatic carbocycles. The topological polar surface area (TPSA) is 109 Å². The normalized spacial score (nSPS) is 19.7. The Bertz CT molecular complexity index is 1060. The molecule has 1 atom stereocenters. The summed E-state index contributed by atoms with van der Waals surface area (Å²) in [5, 5.41) is 13.7. The molecule has 2 heterocycles. The molecule has 27 heavy (non-hydrogen) atoms. The van der Waals surface area contributed by atoms with Gasteiger partial charge in [0.05, 0.1) is 5.54 Å². The number of rotatable bonds is 3. The van der Waals surface area contributed by atoms with Crippen molar-refractivity contribution in [1.29, 1.82) is 0 Å². The number of carbonyl (C=O) groups excluding carboxylic acids is 1. The maximum absolute atomic E-state index is 14.5. The van der Waals surface area contributed by atoms with E-state index in [1.807, 2.05) is 6.92 Å². The van der Waals surface area contributed by atoms with Gasteiger partial charge in [-0.25, -0.2) is 4.39 Å². The molecule has 1 amide bonds. The van der Waals surface area contributed by atoms with Crippen LogP contribution in [0.15, 0.2) is 41.4 Å². The molecule has 1 unspecified atom stereocenters. The smallest absolute Gasteiger partial charge is 0.255 e. The van der Waals surface area contributed by atoms with Crippen LogP contribution in [-0.2, 0) is 5.54 Å². The van der Waals surface area contributed by atoms with Crippen LogP contribution < -0.4 is 11.1 Å². The van der Waals surface area contributed by atoms with Crippen LogP contribution >= 0.6 is 11.8 Å². The van der Waals surface area contributed by atoms with E-state index in [1.165, 1.54) is 23.9 Å². The van der Waals surface area contributed by atoms with Crippen LogP contribution in [0.3, 0.4) is 0 Å². The zero-order valence-corrected chi connectivity index (χ0v) is 15.3. The average Bonchev–Trinajstić information content (AvgIpc) is 3.10. The Balaban J connectivity index is 1.63. The molecule has 0 saturated heterocycles. The van der Waals surface area contributed by atoms with E-state index in [0.717, 1.165) is 5.75 Å². The summed E-state index contributed by atoms with van der Waals surface area (Å²) in [4.78, 5) is 17.0. The number of hydrogen-bond acceptors (Lipinski definition) is 6. The Hall–Kier alpha value is -2.94. The SMILES string of the molecule is CC1(c2cc(NC(=O)c3ccc4n[nH]nc4c3)ccc2F)CCSC(N)=N1. The quantitative estimate of drug-likeness (QED) is 0.643. The fourth-order valence-corrected chi connectivity index (χ4v) is 4.06. The minimum Gasteiger partial charge on any atom is -0.379 e. The summed E-state index contributed by atoms with van der Waals surface area (Å²) in [6, 6.07) is 9.50. The van der Waals surface area contributed by atoms with Crippen molar-refractivity contribution >= 4 is 39.6 Å². The molecule has 4 rings (SSSR count). The number of carbonyl (C=O) groups is 1. The number of halogens is 1. The van der Waals surface area contributed by atoms with Gasteiger partial charge in [0.1, 0.15) is 16.9 Å². The lowest BCUT2D eigenvalue weighted by atomic mass is 9.89. The highest BCUT2D eigenvalue weighted by atomic mass is 32.2. The van der Waals surface area contributed by atoms with Crippen molar-refractivity contribution in [2.45, 2.75) is 18.9 Å². The van der Waals surface area contributed by atoms with Crippen LogP contribution in [0.2, 0.25) is 0 Å². The summed E-state index contributed by atoms with van der Waals surface area (Å²) < 4.78 is 14.5. The highest BCUT2D eigenvalue weighted by molar-refractivity contribution is 8.13. The fraction of sp³-hybridized carbons (Fsp3) is 0.222. The van der Waals surface area contributed by atoms with E-state index < -0.39 is 5.54 Å². The molecule has 1 aliphatic rings. The third-order valence-electron chi connectivity index (χ3n) is 4.58. The first kappa shape index (κ1) is 17.5. The number of aromatic amines is 1. The van der Waals surface area contributed by atoms with Crippen LogP contribution in [0, 0.1) is 5.82 Å². The summed E-state index contributed by atoms with van der Waals surface area (Å²) in [6.45, 7) is 1.85. The van der Waals surface area contributed by atoms with Gasteiger partial charge in [0.2, 0.25) is 0 Å². The van der Waals surface area contributed by atoms with Crippen molar-refractivity contribution in [3.05, 3.63) is 53.3 Å². The lowest BCUT2D eigenvalue weighted by molar-refractivity contribution is 0.102. The molecule has 138 valence electrons. The number of nitrogens with two attached hydrogens (primary N) is 1. The molecule has 0 bridgehead atoms. The molecular formula is C18H17FN6OS. The van der Waals surface area contributed by atoms with Crippen LogP contribution in [0.5, 0.6) is 0 Å². The number of aliphatic imine (C=N–C) groups is 1. The van der Waals surface area contributed by atoms with Gasteiger partial charge in [0.25, 0.3) is 5.91 Å². The summed E-state index contributed by atoms with van der Waals surface area (Å²) in [7, 11) is 0. The van der Waals surface area contributed by atoms with Gasteiger partial charge in [-0.15, -0.1) is 0 Å². The first-order chi connectivity index (χ1) is 12.9. The summed E-state index contributed by atoms with van der Waals surface area (Å²) in [5.74, 6) is 0.0762. The van der Waals surface area contributed by atoms with Crippen LogP contribution in [0.25, 0.3) is 11.0 Å². The number of nitrogens with zero attached hydrogens (tertiary/aromatic N) is 3. The van der Waals surface area contributed by atoms with Gasteiger partial charge >= 0.3 is 0 Å². The van der Waals surface area contributed by atoms with Crippen molar-refractivity contribution < 1.29 is 9.18 Å². The van der Waals surface area contributed by atoms with E-state index in [2.05, 4.69) is 25.7 Å². The number of aromatic nitrogens is 3. The van der Waals surface area contributed by atoms with Gasteiger partial charge in [0, 0.05) is 22.6 Å². The molecule has 0 saturated carbocycles. The summed E-state index contributed by atoms with van der Waals surface area (Å²) >= 11 is 1.46. The Labute approximate surface area is 158 Å². The Morgan fingerprint density at radius 1 is 1.26 bits per heavy atom. The minimum atomic E-state index is -0.750. The molecular weight excluding hydrogens is 367 g/mol. The van der Waals surface area contributed by atoms with Crippen LogP contribution in [0.4, 0.5) is 10.1 Å². The van der Waals surface area contributed by atoms with Crippen LogP contribution in [0.1, 0.15) is 29.3 Å². The lowest BCUT2D eigenvalue weighted by Crippen LogP contribution is -2.29. The molecule has 2 aromatic carbocycles. The maximum atomic E-state index is 14.5.